The Labute approximate surface area is 197 Å². The van der Waals surface area contributed by atoms with Gasteiger partial charge in [-0.1, -0.05) is 18.6 Å². The lowest BCUT2D eigenvalue weighted by atomic mass is 10.0. The molecule has 0 radical (unpaired) electrons. The first kappa shape index (κ1) is 25.2. The number of piperidine rings is 1. The van der Waals surface area contributed by atoms with Gasteiger partial charge in [-0.25, -0.2) is 8.42 Å². The zero-order valence-corrected chi connectivity index (χ0v) is 20.8. The van der Waals surface area contributed by atoms with Crippen LogP contribution in [0.1, 0.15) is 55.1 Å². The molecule has 0 spiro atoms. The van der Waals surface area contributed by atoms with Crippen molar-refractivity contribution in [3.63, 3.8) is 0 Å². The zero-order chi connectivity index (χ0) is 24.0. The van der Waals surface area contributed by atoms with Gasteiger partial charge in [-0.3, -0.25) is 9.69 Å². The van der Waals surface area contributed by atoms with Gasteiger partial charge in [0.15, 0.2) is 0 Å². The van der Waals surface area contributed by atoms with E-state index in [2.05, 4.69) is 22.3 Å². The minimum atomic E-state index is -3.58. The minimum Gasteiger partial charge on any atom is -0.497 e. The molecule has 1 aliphatic rings. The molecule has 180 valence electrons. The van der Waals surface area contributed by atoms with Crippen LogP contribution in [0.2, 0.25) is 0 Å². The Morgan fingerprint density at radius 2 is 1.64 bits per heavy atom. The molecule has 3 rings (SSSR count). The van der Waals surface area contributed by atoms with E-state index in [1.165, 1.54) is 22.9 Å². The maximum Gasteiger partial charge on any atom is 0.251 e. The standard InChI is InChI=1S/C25H35N3O4S/c1-19(2)27(3)33(30,31)23-14-10-21(11-15-23)25(29)26-18-24(28-16-6-5-7-17-28)20-8-12-22(32-4)13-9-20/h8-15,19,24H,5-7,16-18H2,1-4H3,(H,26,29). The molecule has 7 nitrogen and oxygen atoms in total. The van der Waals surface area contributed by atoms with Crippen LogP contribution < -0.4 is 10.1 Å². The summed E-state index contributed by atoms with van der Waals surface area (Å²) >= 11 is 0. The number of amides is 1. The van der Waals surface area contributed by atoms with Crippen molar-refractivity contribution in [2.75, 3.05) is 33.8 Å². The molecular weight excluding hydrogens is 438 g/mol. The highest BCUT2D eigenvalue weighted by atomic mass is 32.2. The number of rotatable bonds is 9. The fourth-order valence-corrected chi connectivity index (χ4v) is 5.40. The van der Waals surface area contributed by atoms with Gasteiger partial charge in [0.05, 0.1) is 18.0 Å². The minimum absolute atomic E-state index is 0.0690. The van der Waals surface area contributed by atoms with E-state index in [0.717, 1.165) is 37.2 Å². The summed E-state index contributed by atoms with van der Waals surface area (Å²) < 4.78 is 31.9. The summed E-state index contributed by atoms with van der Waals surface area (Å²) in [4.78, 5) is 15.5. The number of hydrogen-bond donors (Lipinski definition) is 1. The van der Waals surface area contributed by atoms with Crippen LogP contribution in [-0.2, 0) is 10.0 Å². The van der Waals surface area contributed by atoms with E-state index < -0.39 is 10.0 Å². The molecular formula is C25H35N3O4S. The van der Waals surface area contributed by atoms with Crippen molar-refractivity contribution in [3.05, 3.63) is 59.7 Å². The number of hydrogen-bond acceptors (Lipinski definition) is 5. The SMILES string of the molecule is COc1ccc(C(CNC(=O)c2ccc(S(=O)(=O)N(C)C(C)C)cc2)N2CCCCC2)cc1. The summed E-state index contributed by atoms with van der Waals surface area (Å²) in [5, 5.41) is 3.05. The Morgan fingerprint density at radius 1 is 1.03 bits per heavy atom. The summed E-state index contributed by atoms with van der Waals surface area (Å²) in [6.07, 6.45) is 3.54. The normalized spacial score (nSPS) is 16.1. The van der Waals surface area contributed by atoms with Crippen LogP contribution in [0.4, 0.5) is 0 Å². The van der Waals surface area contributed by atoms with Crippen molar-refractivity contribution in [1.82, 2.24) is 14.5 Å². The summed E-state index contributed by atoms with van der Waals surface area (Å²) in [7, 11) is -0.374. The molecule has 1 N–H and O–H groups in total. The third-order valence-electron chi connectivity index (χ3n) is 6.31. The van der Waals surface area contributed by atoms with E-state index in [9.17, 15) is 13.2 Å². The van der Waals surface area contributed by atoms with Gasteiger partial charge in [-0.05, 0) is 81.7 Å². The molecule has 2 aromatic carbocycles. The molecule has 0 saturated carbocycles. The van der Waals surface area contributed by atoms with Crippen LogP contribution in [0.15, 0.2) is 53.4 Å². The maximum absolute atomic E-state index is 12.9. The van der Waals surface area contributed by atoms with Crippen molar-refractivity contribution in [2.24, 2.45) is 0 Å². The third kappa shape index (κ3) is 6.13. The van der Waals surface area contributed by atoms with Gasteiger partial charge >= 0.3 is 0 Å². The second-order valence-corrected chi connectivity index (χ2v) is 10.7. The smallest absolute Gasteiger partial charge is 0.251 e. The lowest BCUT2D eigenvalue weighted by molar-refractivity contribution is 0.0924. The lowest BCUT2D eigenvalue weighted by Crippen LogP contribution is -2.40. The van der Waals surface area contributed by atoms with Gasteiger partial charge in [0.25, 0.3) is 5.91 Å². The number of carbonyl (C=O) groups excluding carboxylic acids is 1. The number of carbonyl (C=O) groups is 1. The van der Waals surface area contributed by atoms with Crippen molar-refractivity contribution in [2.45, 2.75) is 50.1 Å². The topological polar surface area (TPSA) is 78.9 Å². The Kier molecular flexibility index (Phi) is 8.51. The second kappa shape index (κ2) is 11.1. The molecule has 0 bridgehead atoms. The van der Waals surface area contributed by atoms with Crippen molar-refractivity contribution in [3.8, 4) is 5.75 Å². The number of ether oxygens (including phenoxy) is 1. The van der Waals surface area contributed by atoms with E-state index in [1.807, 2.05) is 26.0 Å². The van der Waals surface area contributed by atoms with Crippen LogP contribution in [-0.4, -0.2) is 63.4 Å². The number of nitrogens with one attached hydrogen (secondary N) is 1. The molecule has 1 saturated heterocycles. The monoisotopic (exact) mass is 473 g/mol. The second-order valence-electron chi connectivity index (χ2n) is 8.73. The Hall–Kier alpha value is -2.42. The van der Waals surface area contributed by atoms with E-state index in [0.29, 0.717) is 12.1 Å². The van der Waals surface area contributed by atoms with E-state index in [-0.39, 0.29) is 22.9 Å². The predicted molar refractivity (Wildman–Crippen MR) is 130 cm³/mol. The maximum atomic E-state index is 12.9. The molecule has 1 atom stereocenters. The number of likely N-dealkylation sites (tertiary alicyclic amines) is 1. The van der Waals surface area contributed by atoms with Crippen LogP contribution in [0.25, 0.3) is 0 Å². The Bertz CT molecular complexity index is 1010. The quantitative estimate of drug-likeness (QED) is 0.601. The summed E-state index contributed by atoms with van der Waals surface area (Å²) in [6.45, 7) is 6.12. The highest BCUT2D eigenvalue weighted by Crippen LogP contribution is 2.26. The van der Waals surface area contributed by atoms with Crippen molar-refractivity contribution >= 4 is 15.9 Å². The Balaban J connectivity index is 1.71. The molecule has 8 heteroatoms. The van der Waals surface area contributed by atoms with Gasteiger partial charge in [0.2, 0.25) is 10.0 Å². The van der Waals surface area contributed by atoms with Gasteiger partial charge in [-0.2, -0.15) is 4.31 Å². The number of nitrogens with zero attached hydrogens (tertiary/aromatic N) is 2. The molecule has 1 fully saturated rings. The molecule has 1 aliphatic heterocycles. The van der Waals surface area contributed by atoms with Crippen LogP contribution in [0, 0.1) is 0 Å². The van der Waals surface area contributed by atoms with Crippen LogP contribution in [0.3, 0.4) is 0 Å². The molecule has 33 heavy (non-hydrogen) atoms. The summed E-state index contributed by atoms with van der Waals surface area (Å²) in [5.41, 5.74) is 1.57. The highest BCUT2D eigenvalue weighted by molar-refractivity contribution is 7.89. The Morgan fingerprint density at radius 3 is 2.18 bits per heavy atom. The number of benzene rings is 2. The van der Waals surface area contributed by atoms with E-state index >= 15 is 0 Å². The van der Waals surface area contributed by atoms with Crippen LogP contribution >= 0.6 is 0 Å². The average molecular weight is 474 g/mol. The average Bonchev–Trinajstić information content (AvgIpc) is 2.84. The van der Waals surface area contributed by atoms with Crippen LogP contribution in [0.5, 0.6) is 5.75 Å². The molecule has 2 aromatic rings. The first-order valence-electron chi connectivity index (χ1n) is 11.5. The molecule has 1 unspecified atom stereocenters. The largest absolute Gasteiger partial charge is 0.497 e. The molecule has 1 amide bonds. The summed E-state index contributed by atoms with van der Waals surface area (Å²) in [6, 6.07) is 14.0. The molecule has 1 heterocycles. The van der Waals surface area contributed by atoms with Gasteiger partial charge < -0.3 is 10.1 Å². The molecule has 0 aromatic heterocycles. The van der Waals surface area contributed by atoms with E-state index in [4.69, 9.17) is 4.74 Å². The fourth-order valence-electron chi connectivity index (χ4n) is 4.03. The van der Waals surface area contributed by atoms with Gasteiger partial charge in [0, 0.05) is 25.2 Å². The fraction of sp³-hybridized carbons (Fsp3) is 0.480. The number of sulfonamides is 1. The van der Waals surface area contributed by atoms with Crippen molar-refractivity contribution in [1.29, 1.82) is 0 Å². The predicted octanol–water partition coefficient (Wildman–Crippen LogP) is 3.68. The zero-order valence-electron chi connectivity index (χ0n) is 20.0. The first-order valence-corrected chi connectivity index (χ1v) is 12.9. The van der Waals surface area contributed by atoms with Gasteiger partial charge in [-0.15, -0.1) is 0 Å². The highest BCUT2D eigenvalue weighted by Gasteiger charge is 2.25. The third-order valence-corrected chi connectivity index (χ3v) is 8.36. The number of methoxy groups -OCH3 is 1. The van der Waals surface area contributed by atoms with Gasteiger partial charge in [0.1, 0.15) is 5.75 Å². The lowest BCUT2D eigenvalue weighted by Gasteiger charge is -2.35. The van der Waals surface area contributed by atoms with E-state index in [1.54, 1.807) is 26.3 Å². The van der Waals surface area contributed by atoms with Crippen molar-refractivity contribution < 1.29 is 17.9 Å². The first-order chi connectivity index (χ1) is 15.7. The summed E-state index contributed by atoms with van der Waals surface area (Å²) in [5.74, 6) is 0.588. The molecule has 0 aliphatic carbocycles.